The fourth-order valence-electron chi connectivity index (χ4n) is 1.37. The molecule has 2 rings (SSSR count). The van der Waals surface area contributed by atoms with Gasteiger partial charge in [0.05, 0.1) is 0 Å². The minimum Gasteiger partial charge on any atom is -0.368 e. The number of hydrogen-bond acceptors (Lipinski definition) is 5. The molecule has 1 aromatic carbocycles. The van der Waals surface area contributed by atoms with Crippen molar-refractivity contribution in [1.29, 1.82) is 0 Å². The summed E-state index contributed by atoms with van der Waals surface area (Å²) in [5.41, 5.74) is 6.13. The lowest BCUT2D eigenvalue weighted by Gasteiger charge is -2.02. The zero-order chi connectivity index (χ0) is 12.6. The van der Waals surface area contributed by atoms with Crippen molar-refractivity contribution in [1.82, 2.24) is 5.16 Å². The summed E-state index contributed by atoms with van der Waals surface area (Å²) in [6.45, 7) is 0. The van der Waals surface area contributed by atoms with E-state index in [2.05, 4.69) is 9.68 Å². The summed E-state index contributed by atoms with van der Waals surface area (Å²) < 4.78 is 40.7. The fourth-order valence-corrected chi connectivity index (χ4v) is 2.14. The summed E-state index contributed by atoms with van der Waals surface area (Å²) in [5.74, 6) is -0.696. The largest absolute Gasteiger partial charge is 0.368 e. The van der Waals surface area contributed by atoms with E-state index < -0.39 is 15.7 Å². The zero-order valence-electron chi connectivity index (χ0n) is 8.84. The van der Waals surface area contributed by atoms with Gasteiger partial charge >= 0.3 is 0 Å². The monoisotopic (exact) mass is 256 g/mol. The number of nitrogens with two attached hydrogens (primary N) is 1. The molecule has 0 fully saturated rings. The Balaban J connectivity index is 2.59. The number of sulfone groups is 1. The van der Waals surface area contributed by atoms with Gasteiger partial charge in [0.1, 0.15) is 16.4 Å². The second-order valence-electron chi connectivity index (χ2n) is 3.53. The van der Waals surface area contributed by atoms with Crippen LogP contribution in [0, 0.1) is 5.82 Å². The summed E-state index contributed by atoms with van der Waals surface area (Å²) in [6, 6.07) is 5.10. The van der Waals surface area contributed by atoms with Crippen LogP contribution in [0.3, 0.4) is 0 Å². The van der Waals surface area contributed by atoms with Gasteiger partial charge in [-0.05, 0) is 18.2 Å². The molecule has 1 heterocycles. The quantitative estimate of drug-likeness (QED) is 0.879. The lowest BCUT2D eigenvalue weighted by Crippen LogP contribution is -2.00. The molecule has 0 amide bonds. The number of halogens is 1. The Morgan fingerprint density at radius 2 is 2.06 bits per heavy atom. The number of anilines is 1. The number of rotatable bonds is 2. The van der Waals surface area contributed by atoms with E-state index in [9.17, 15) is 12.8 Å². The van der Waals surface area contributed by atoms with Crippen LogP contribution in [0.25, 0.3) is 11.3 Å². The molecular formula is C10H9FN2O3S. The highest BCUT2D eigenvalue weighted by Gasteiger charge is 2.16. The van der Waals surface area contributed by atoms with Crippen molar-refractivity contribution in [3.63, 3.8) is 0 Å². The highest BCUT2D eigenvalue weighted by atomic mass is 32.2. The first-order valence-corrected chi connectivity index (χ1v) is 6.49. The van der Waals surface area contributed by atoms with Crippen molar-refractivity contribution in [2.75, 3.05) is 12.0 Å². The number of nitrogens with zero attached hydrogens (tertiary/aromatic N) is 1. The Morgan fingerprint density at radius 1 is 1.35 bits per heavy atom. The molecule has 0 aliphatic carbocycles. The van der Waals surface area contributed by atoms with Gasteiger partial charge < -0.3 is 10.3 Å². The molecule has 0 bridgehead atoms. The van der Waals surface area contributed by atoms with Gasteiger partial charge in [0, 0.05) is 17.9 Å². The van der Waals surface area contributed by atoms with Crippen molar-refractivity contribution in [3.05, 3.63) is 30.1 Å². The Hall–Kier alpha value is -1.89. The molecule has 0 radical (unpaired) electrons. The van der Waals surface area contributed by atoms with E-state index in [4.69, 9.17) is 5.73 Å². The molecule has 1 aromatic heterocycles. The van der Waals surface area contributed by atoms with Gasteiger partial charge in [-0.2, -0.15) is 0 Å². The van der Waals surface area contributed by atoms with Gasteiger partial charge in [-0.3, -0.25) is 0 Å². The molecule has 0 aliphatic rings. The minimum absolute atomic E-state index is 0.102. The topological polar surface area (TPSA) is 86.2 Å². The van der Waals surface area contributed by atoms with Crippen molar-refractivity contribution in [2.24, 2.45) is 0 Å². The third-order valence-corrected chi connectivity index (χ3v) is 3.27. The van der Waals surface area contributed by atoms with Crippen LogP contribution in [-0.2, 0) is 9.84 Å². The van der Waals surface area contributed by atoms with E-state index in [0.29, 0.717) is 11.3 Å². The van der Waals surface area contributed by atoms with Gasteiger partial charge in [-0.1, -0.05) is 5.16 Å². The molecule has 0 saturated carbocycles. The Labute approximate surface area is 96.9 Å². The maximum absolute atomic E-state index is 13.3. The maximum Gasteiger partial charge on any atom is 0.222 e. The Kier molecular flexibility index (Phi) is 2.62. The van der Waals surface area contributed by atoms with Crippen LogP contribution in [-0.4, -0.2) is 19.8 Å². The van der Waals surface area contributed by atoms with Crippen molar-refractivity contribution >= 4 is 15.7 Å². The second kappa shape index (κ2) is 3.85. The normalized spacial score (nSPS) is 11.6. The number of hydrogen-bond donors (Lipinski definition) is 1. The summed E-state index contributed by atoms with van der Waals surface area (Å²) in [6.07, 6.45) is 0.937. The van der Waals surface area contributed by atoms with Crippen LogP contribution in [0.15, 0.2) is 33.7 Å². The molecule has 0 aliphatic heterocycles. The highest BCUT2D eigenvalue weighted by Crippen LogP contribution is 2.24. The van der Waals surface area contributed by atoms with Crippen LogP contribution in [0.2, 0.25) is 0 Å². The van der Waals surface area contributed by atoms with Gasteiger partial charge in [0.2, 0.25) is 5.88 Å². The van der Waals surface area contributed by atoms with Gasteiger partial charge in [-0.25, -0.2) is 12.8 Å². The van der Waals surface area contributed by atoms with Crippen LogP contribution in [0.5, 0.6) is 0 Å². The Bertz CT molecular complexity index is 664. The van der Waals surface area contributed by atoms with Crippen LogP contribution < -0.4 is 5.73 Å². The summed E-state index contributed by atoms with van der Waals surface area (Å²) in [4.78, 5) is -0.378. The van der Waals surface area contributed by atoms with Crippen molar-refractivity contribution < 1.29 is 17.3 Å². The minimum atomic E-state index is -3.62. The summed E-state index contributed by atoms with van der Waals surface area (Å²) in [5, 5.41) is 3.62. The first-order chi connectivity index (χ1) is 7.88. The molecule has 2 N–H and O–H groups in total. The van der Waals surface area contributed by atoms with E-state index in [-0.39, 0.29) is 10.8 Å². The highest BCUT2D eigenvalue weighted by molar-refractivity contribution is 7.90. The fraction of sp³-hybridized carbons (Fsp3) is 0.100. The van der Waals surface area contributed by atoms with E-state index in [1.54, 1.807) is 0 Å². The lowest BCUT2D eigenvalue weighted by molar-refractivity contribution is 0.439. The first kappa shape index (κ1) is 11.6. The van der Waals surface area contributed by atoms with E-state index in [1.165, 1.54) is 18.2 Å². The van der Waals surface area contributed by atoms with Crippen LogP contribution in [0.4, 0.5) is 10.3 Å². The number of nitrogen functional groups attached to an aromatic ring is 1. The van der Waals surface area contributed by atoms with E-state index >= 15 is 0 Å². The van der Waals surface area contributed by atoms with Crippen molar-refractivity contribution in [3.8, 4) is 11.3 Å². The first-order valence-electron chi connectivity index (χ1n) is 4.60. The van der Waals surface area contributed by atoms with Gasteiger partial charge in [-0.15, -0.1) is 0 Å². The maximum atomic E-state index is 13.3. The predicted octanol–water partition coefficient (Wildman–Crippen LogP) is 1.47. The average molecular weight is 256 g/mol. The SMILES string of the molecule is CS(=O)(=O)c1cc(-c2cc(N)on2)ccc1F. The smallest absolute Gasteiger partial charge is 0.222 e. The standard InChI is InChI=1S/C10H9FN2O3S/c1-17(14,15)9-4-6(2-3-7(9)11)8-5-10(12)16-13-8/h2-5H,12H2,1H3. The predicted molar refractivity (Wildman–Crippen MR) is 59.4 cm³/mol. The van der Waals surface area contributed by atoms with Crippen LogP contribution >= 0.6 is 0 Å². The average Bonchev–Trinajstić information content (AvgIpc) is 2.64. The molecular weight excluding hydrogens is 247 g/mol. The molecule has 2 aromatic rings. The van der Waals surface area contributed by atoms with Crippen molar-refractivity contribution in [2.45, 2.75) is 4.90 Å². The third kappa shape index (κ3) is 2.28. The summed E-state index contributed by atoms with van der Waals surface area (Å²) in [7, 11) is -3.62. The molecule has 0 saturated heterocycles. The molecule has 0 atom stereocenters. The number of aromatic nitrogens is 1. The molecule has 0 unspecified atom stereocenters. The molecule has 5 nitrogen and oxygen atoms in total. The molecule has 90 valence electrons. The van der Waals surface area contributed by atoms with E-state index in [1.807, 2.05) is 0 Å². The Morgan fingerprint density at radius 3 is 2.59 bits per heavy atom. The number of benzene rings is 1. The molecule has 17 heavy (non-hydrogen) atoms. The second-order valence-corrected chi connectivity index (χ2v) is 5.52. The van der Waals surface area contributed by atoms with Gasteiger partial charge in [0.15, 0.2) is 9.84 Å². The zero-order valence-corrected chi connectivity index (χ0v) is 9.66. The molecule has 0 spiro atoms. The van der Waals surface area contributed by atoms with E-state index in [0.717, 1.165) is 12.3 Å². The van der Waals surface area contributed by atoms with Crippen LogP contribution in [0.1, 0.15) is 0 Å². The molecule has 7 heteroatoms. The lowest BCUT2D eigenvalue weighted by atomic mass is 10.1. The summed E-state index contributed by atoms with van der Waals surface area (Å²) >= 11 is 0. The third-order valence-electron chi connectivity index (χ3n) is 2.15. The van der Waals surface area contributed by atoms with Gasteiger partial charge in [0.25, 0.3) is 0 Å².